The number of nitrogens with zero attached hydrogens (tertiary/aromatic N) is 2. The number of likely N-dealkylation sites (tertiary alicyclic amines) is 1. The molecule has 1 unspecified atom stereocenters. The smallest absolute Gasteiger partial charge is 0.255 e. The molecule has 0 bridgehead atoms. The molecule has 5 rings (SSSR count). The maximum Gasteiger partial charge on any atom is 0.255 e. The number of primary amides is 1. The third-order valence-corrected chi connectivity index (χ3v) is 8.97. The van der Waals surface area contributed by atoms with Crippen LogP contribution in [0.5, 0.6) is 5.75 Å². The molecule has 1 amide bonds. The summed E-state index contributed by atoms with van der Waals surface area (Å²) in [5.74, 6) is -5.69. The highest BCUT2D eigenvalue weighted by molar-refractivity contribution is 6.24. The Morgan fingerprint density at radius 1 is 1.16 bits per heavy atom. The van der Waals surface area contributed by atoms with Crippen LogP contribution in [0.3, 0.4) is 0 Å². The molecule has 10 nitrogen and oxygen atoms in total. The van der Waals surface area contributed by atoms with E-state index in [9.17, 15) is 34.8 Å². The monoisotopic (exact) mass is 525 g/mol. The Hall–Kier alpha value is -3.21. The predicted molar refractivity (Wildman–Crippen MR) is 137 cm³/mol. The van der Waals surface area contributed by atoms with E-state index in [0.29, 0.717) is 24.4 Å². The van der Waals surface area contributed by atoms with Gasteiger partial charge in [0.1, 0.15) is 22.8 Å². The minimum atomic E-state index is -2.62. The average Bonchev–Trinajstić information content (AvgIpc) is 2.84. The van der Waals surface area contributed by atoms with Gasteiger partial charge in [0, 0.05) is 18.0 Å². The average molecular weight is 526 g/mol. The lowest BCUT2D eigenvalue weighted by Gasteiger charge is -2.50. The molecule has 6 N–H and O–H groups in total. The van der Waals surface area contributed by atoms with Crippen molar-refractivity contribution < 1.29 is 34.8 Å². The summed E-state index contributed by atoms with van der Waals surface area (Å²) in [5, 5.41) is 44.6. The van der Waals surface area contributed by atoms with Crippen LogP contribution in [0.25, 0.3) is 0 Å². The number of carbonyl (C=O) groups excluding carboxylic acids is 3. The Kier molecular flexibility index (Phi) is 6.40. The van der Waals surface area contributed by atoms with Gasteiger partial charge in [-0.3, -0.25) is 24.2 Å². The number of aromatic hydroxyl groups is 1. The Morgan fingerprint density at radius 2 is 1.82 bits per heavy atom. The summed E-state index contributed by atoms with van der Waals surface area (Å²) in [6.07, 6.45) is 2.57. The number of nitrogens with two attached hydrogens (primary N) is 1. The molecule has 1 aromatic carbocycles. The summed E-state index contributed by atoms with van der Waals surface area (Å²) in [5.41, 5.74) is 3.49. The molecule has 0 radical (unpaired) electrons. The normalized spacial score (nSPS) is 30.4. The van der Waals surface area contributed by atoms with Crippen molar-refractivity contribution in [1.29, 1.82) is 0 Å². The number of aliphatic hydroxyl groups excluding tert-OH is 2. The van der Waals surface area contributed by atoms with E-state index in [2.05, 4.69) is 11.8 Å². The number of hydrogen-bond donors (Lipinski definition) is 5. The number of likely N-dealkylation sites (N-methyl/N-ethyl adjacent to an activating group) is 1. The highest BCUT2D eigenvalue weighted by atomic mass is 16.3. The molecule has 4 atom stereocenters. The molecule has 3 aliphatic carbocycles. The van der Waals surface area contributed by atoms with Gasteiger partial charge in [-0.15, -0.1) is 0 Å². The van der Waals surface area contributed by atoms with E-state index in [-0.39, 0.29) is 23.3 Å². The quantitative estimate of drug-likeness (QED) is 0.365. The van der Waals surface area contributed by atoms with Crippen molar-refractivity contribution in [3.63, 3.8) is 0 Å². The van der Waals surface area contributed by atoms with Crippen LogP contribution in [0.2, 0.25) is 0 Å². The highest BCUT2D eigenvalue weighted by Gasteiger charge is 2.63. The largest absolute Gasteiger partial charge is 0.510 e. The fourth-order valence-electron chi connectivity index (χ4n) is 6.92. The number of aliphatic hydroxyl groups is 3. The number of ketones is 2. The molecule has 10 heteroatoms. The van der Waals surface area contributed by atoms with Crippen LogP contribution in [-0.2, 0) is 22.6 Å². The first-order valence-electron chi connectivity index (χ1n) is 13.1. The maximum absolute atomic E-state index is 13.8. The number of phenolic OH excluding ortho intramolecular Hbond substituents is 1. The van der Waals surface area contributed by atoms with Crippen molar-refractivity contribution in [3.8, 4) is 5.75 Å². The van der Waals surface area contributed by atoms with Crippen LogP contribution in [0.15, 0.2) is 34.8 Å². The van der Waals surface area contributed by atoms with Crippen LogP contribution in [-0.4, -0.2) is 86.5 Å². The number of Topliss-reactive ketones (excluding diaryl/α,β-unsaturated/α-hetero) is 2. The van der Waals surface area contributed by atoms with Crippen molar-refractivity contribution in [3.05, 3.63) is 51.5 Å². The predicted octanol–water partition coefficient (Wildman–Crippen LogP) is 1.35. The molecule has 0 spiro atoms. The number of benzene rings is 1. The topological polar surface area (TPSA) is 165 Å². The van der Waals surface area contributed by atoms with Crippen molar-refractivity contribution in [2.75, 3.05) is 27.2 Å². The summed E-state index contributed by atoms with van der Waals surface area (Å²) in [7, 11) is 3.23. The number of amides is 1. The second kappa shape index (κ2) is 9.21. The van der Waals surface area contributed by atoms with Crippen molar-refractivity contribution in [2.24, 2.45) is 23.5 Å². The van der Waals surface area contributed by atoms with Gasteiger partial charge in [0.15, 0.2) is 11.4 Å². The molecule has 1 heterocycles. The van der Waals surface area contributed by atoms with Crippen molar-refractivity contribution in [1.82, 2.24) is 9.80 Å². The Bertz CT molecular complexity index is 1290. The lowest BCUT2D eigenvalue weighted by atomic mass is 9.58. The second-order valence-electron chi connectivity index (χ2n) is 11.5. The Morgan fingerprint density at radius 3 is 2.42 bits per heavy atom. The number of piperidine rings is 1. The minimum Gasteiger partial charge on any atom is -0.510 e. The number of hydrogen-bond acceptors (Lipinski definition) is 9. The van der Waals surface area contributed by atoms with Crippen LogP contribution >= 0.6 is 0 Å². The van der Waals surface area contributed by atoms with Gasteiger partial charge < -0.3 is 26.2 Å². The van der Waals surface area contributed by atoms with E-state index in [0.717, 1.165) is 31.5 Å². The van der Waals surface area contributed by atoms with E-state index < -0.39 is 58.0 Å². The molecule has 1 aromatic rings. The van der Waals surface area contributed by atoms with E-state index in [1.807, 2.05) is 6.07 Å². The van der Waals surface area contributed by atoms with E-state index >= 15 is 0 Å². The van der Waals surface area contributed by atoms with Gasteiger partial charge in [0.25, 0.3) is 5.91 Å². The van der Waals surface area contributed by atoms with Crippen LogP contribution in [0, 0.1) is 17.8 Å². The molecule has 1 saturated heterocycles. The Balaban J connectivity index is 1.61. The van der Waals surface area contributed by atoms with Crippen LogP contribution < -0.4 is 5.73 Å². The van der Waals surface area contributed by atoms with Crippen molar-refractivity contribution in [2.45, 2.75) is 50.8 Å². The third-order valence-electron chi connectivity index (χ3n) is 8.97. The molecule has 0 aromatic heterocycles. The van der Waals surface area contributed by atoms with Gasteiger partial charge in [-0.2, -0.15) is 0 Å². The highest BCUT2D eigenvalue weighted by Crippen LogP contribution is 2.52. The first kappa shape index (κ1) is 26.4. The van der Waals surface area contributed by atoms with Crippen molar-refractivity contribution >= 4 is 17.5 Å². The van der Waals surface area contributed by atoms with Crippen LogP contribution in [0.1, 0.15) is 47.7 Å². The van der Waals surface area contributed by atoms with E-state index in [4.69, 9.17) is 5.73 Å². The maximum atomic E-state index is 13.8. The number of rotatable bonds is 4. The summed E-state index contributed by atoms with van der Waals surface area (Å²) in [4.78, 5) is 43.1. The summed E-state index contributed by atoms with van der Waals surface area (Å²) >= 11 is 0. The zero-order valence-electron chi connectivity index (χ0n) is 21.9. The summed E-state index contributed by atoms with van der Waals surface area (Å²) in [6, 6.07) is 2.30. The summed E-state index contributed by atoms with van der Waals surface area (Å²) < 4.78 is 0. The molecular formula is C28H35N3O7. The lowest BCUT2D eigenvalue weighted by Crippen LogP contribution is -2.63. The standard InChI is InChI=1S/C28H35N3O7/c1-13-6-8-31(9-7-13)12-14-4-5-18(32)20-16(14)10-15-11-17-22(30(2)3)24(34)21(27(29)37)26(36)28(17,38)25(35)19(15)23(20)33/h4-5,13,15,17,22,32,34-35,38H,6-12H2,1-3H3,(H2,29,37)/t15-,17-,22?,28-/m0/s1. The minimum absolute atomic E-state index is 0.0636. The number of carbonyl (C=O) groups is 3. The molecular weight excluding hydrogens is 490 g/mol. The molecule has 0 saturated carbocycles. The lowest BCUT2D eigenvalue weighted by molar-refractivity contribution is -0.148. The zero-order chi connectivity index (χ0) is 27.7. The number of allylic oxidation sites excluding steroid dienone is 1. The fraction of sp³-hybridized carbons (Fsp3) is 0.536. The van der Waals surface area contributed by atoms with Gasteiger partial charge in [-0.25, -0.2) is 0 Å². The Labute approximate surface area is 221 Å². The molecule has 1 aliphatic heterocycles. The number of phenols is 1. The number of fused-ring (bicyclic) bond motifs is 3. The second-order valence-corrected chi connectivity index (χ2v) is 11.5. The summed E-state index contributed by atoms with van der Waals surface area (Å²) in [6.45, 7) is 4.74. The first-order valence-corrected chi connectivity index (χ1v) is 13.1. The van der Waals surface area contributed by atoms with E-state index in [1.54, 1.807) is 19.0 Å². The molecule has 204 valence electrons. The molecule has 1 fully saturated rings. The molecule has 38 heavy (non-hydrogen) atoms. The zero-order valence-corrected chi connectivity index (χ0v) is 21.9. The fourth-order valence-corrected chi connectivity index (χ4v) is 6.92. The van der Waals surface area contributed by atoms with Gasteiger partial charge >= 0.3 is 0 Å². The van der Waals surface area contributed by atoms with Gasteiger partial charge in [-0.1, -0.05) is 13.0 Å². The van der Waals surface area contributed by atoms with Gasteiger partial charge in [-0.05, 0) is 81.9 Å². The van der Waals surface area contributed by atoms with Gasteiger partial charge in [0.2, 0.25) is 5.78 Å². The van der Waals surface area contributed by atoms with E-state index in [1.165, 1.54) is 6.07 Å². The molecule has 4 aliphatic rings. The van der Waals surface area contributed by atoms with Crippen LogP contribution in [0.4, 0.5) is 0 Å². The van der Waals surface area contributed by atoms with Gasteiger partial charge in [0.05, 0.1) is 11.6 Å². The third kappa shape index (κ3) is 3.77. The SMILES string of the molecule is CC1CCN(Cc2ccc(O)c3c2C[C@H]2C[C@H]4C(N(C)C)C(O)=C(C(N)=O)C(=O)[C@@]4(O)C(O)=C2C3=O)CC1. The first-order chi connectivity index (χ1) is 17.9.